The molecule has 130 valence electrons. The predicted molar refractivity (Wildman–Crippen MR) is 96.7 cm³/mol. The molecule has 3 rings (SSSR count). The van der Waals surface area contributed by atoms with E-state index < -0.39 is 6.09 Å². The van der Waals surface area contributed by atoms with Gasteiger partial charge in [-0.3, -0.25) is 0 Å². The number of carbonyl (C=O) groups is 1. The highest BCUT2D eigenvalue weighted by molar-refractivity contribution is 5.67. The number of nitrogens with two attached hydrogens (primary N) is 1. The van der Waals surface area contributed by atoms with E-state index in [1.165, 1.54) is 11.1 Å². The van der Waals surface area contributed by atoms with Crippen LogP contribution >= 0.6 is 0 Å². The molecule has 4 heteroatoms. The van der Waals surface area contributed by atoms with Gasteiger partial charge in [-0.25, -0.2) is 4.79 Å². The lowest BCUT2D eigenvalue weighted by Crippen LogP contribution is -2.45. The highest BCUT2D eigenvalue weighted by atomic mass is 16.4. The van der Waals surface area contributed by atoms with E-state index in [1.807, 2.05) is 18.2 Å². The Hall–Kier alpha value is -1.81. The quantitative estimate of drug-likeness (QED) is 0.854. The maximum absolute atomic E-state index is 11.9. The standard InChI is InChI=1S/C20H28N2O2/c1-2-15(12-14-6-4-3-5-7-14)18-13-19(18)22(20(23)24)17-10-8-16(21)9-11-17/h3-7,12,16-19H,2,8-11,13,21H2,1H3,(H,23,24)/b15-12+. The molecule has 0 spiro atoms. The lowest BCUT2D eigenvalue weighted by atomic mass is 9.90. The van der Waals surface area contributed by atoms with Crippen molar-refractivity contribution < 1.29 is 9.90 Å². The van der Waals surface area contributed by atoms with Gasteiger partial charge in [-0.1, -0.05) is 48.9 Å². The van der Waals surface area contributed by atoms with E-state index in [-0.39, 0.29) is 18.1 Å². The molecule has 2 saturated carbocycles. The number of benzene rings is 1. The van der Waals surface area contributed by atoms with Crippen molar-refractivity contribution in [3.05, 3.63) is 41.5 Å². The smallest absolute Gasteiger partial charge is 0.407 e. The number of nitrogens with zero attached hydrogens (tertiary/aromatic N) is 1. The van der Waals surface area contributed by atoms with Crippen LogP contribution < -0.4 is 5.73 Å². The molecule has 2 aliphatic carbocycles. The number of carboxylic acid groups (broad SMARTS) is 1. The Morgan fingerprint density at radius 2 is 1.92 bits per heavy atom. The first-order valence-electron chi connectivity index (χ1n) is 9.12. The summed E-state index contributed by atoms with van der Waals surface area (Å²) in [6.45, 7) is 2.16. The van der Waals surface area contributed by atoms with Crippen molar-refractivity contribution in [1.29, 1.82) is 0 Å². The summed E-state index contributed by atoms with van der Waals surface area (Å²) in [6, 6.07) is 10.8. The molecular weight excluding hydrogens is 300 g/mol. The van der Waals surface area contributed by atoms with Crippen LogP contribution in [-0.4, -0.2) is 34.2 Å². The Morgan fingerprint density at radius 1 is 1.25 bits per heavy atom. The minimum absolute atomic E-state index is 0.145. The van der Waals surface area contributed by atoms with Gasteiger partial charge in [0.2, 0.25) is 0 Å². The van der Waals surface area contributed by atoms with Gasteiger partial charge in [0.15, 0.2) is 0 Å². The monoisotopic (exact) mass is 328 g/mol. The minimum atomic E-state index is -0.766. The Kier molecular flexibility index (Phi) is 5.24. The van der Waals surface area contributed by atoms with Crippen molar-refractivity contribution >= 4 is 12.2 Å². The second-order valence-corrected chi connectivity index (χ2v) is 7.15. The Labute approximate surface area is 144 Å². The SMILES string of the molecule is CC/C(=C\c1ccccc1)C1CC1N(C(=O)O)C1CCC(N)CC1. The fraction of sp³-hybridized carbons (Fsp3) is 0.550. The highest BCUT2D eigenvalue weighted by Gasteiger charge is 2.48. The van der Waals surface area contributed by atoms with E-state index in [0.29, 0.717) is 5.92 Å². The van der Waals surface area contributed by atoms with Crippen molar-refractivity contribution in [2.45, 2.75) is 63.6 Å². The van der Waals surface area contributed by atoms with E-state index in [9.17, 15) is 9.90 Å². The van der Waals surface area contributed by atoms with Gasteiger partial charge in [-0.05, 0) is 44.1 Å². The maximum atomic E-state index is 11.9. The number of hydrogen-bond acceptors (Lipinski definition) is 2. The normalized spacial score (nSPS) is 30.0. The van der Waals surface area contributed by atoms with E-state index in [4.69, 9.17) is 5.73 Å². The van der Waals surface area contributed by atoms with E-state index >= 15 is 0 Å². The number of rotatable bonds is 5. The molecular formula is C20H28N2O2. The molecule has 3 N–H and O–H groups in total. The summed E-state index contributed by atoms with van der Waals surface area (Å²) >= 11 is 0. The molecule has 0 aliphatic heterocycles. The molecule has 0 saturated heterocycles. The summed E-state index contributed by atoms with van der Waals surface area (Å²) in [7, 11) is 0. The number of amides is 1. The van der Waals surface area contributed by atoms with Crippen molar-refractivity contribution in [1.82, 2.24) is 4.90 Å². The maximum Gasteiger partial charge on any atom is 0.407 e. The lowest BCUT2D eigenvalue weighted by Gasteiger charge is -2.34. The van der Waals surface area contributed by atoms with Gasteiger partial charge in [0.1, 0.15) is 0 Å². The van der Waals surface area contributed by atoms with Gasteiger partial charge in [0, 0.05) is 24.0 Å². The van der Waals surface area contributed by atoms with Crippen LogP contribution in [0.2, 0.25) is 0 Å². The molecule has 1 aromatic carbocycles. The summed E-state index contributed by atoms with van der Waals surface area (Å²) < 4.78 is 0. The second kappa shape index (κ2) is 7.39. The Bertz CT molecular complexity index is 591. The first-order valence-corrected chi connectivity index (χ1v) is 9.12. The Balaban J connectivity index is 1.71. The van der Waals surface area contributed by atoms with Gasteiger partial charge in [-0.2, -0.15) is 0 Å². The molecule has 1 aromatic rings. The minimum Gasteiger partial charge on any atom is -0.465 e. The molecule has 0 aromatic heterocycles. The summed E-state index contributed by atoms with van der Waals surface area (Å²) in [5.74, 6) is 0.377. The van der Waals surface area contributed by atoms with Crippen LogP contribution in [0.4, 0.5) is 4.79 Å². The van der Waals surface area contributed by atoms with Crippen LogP contribution in [0.5, 0.6) is 0 Å². The third-order valence-corrected chi connectivity index (χ3v) is 5.51. The molecule has 0 bridgehead atoms. The van der Waals surface area contributed by atoms with Crippen molar-refractivity contribution in [2.75, 3.05) is 0 Å². The molecule has 2 aliphatic rings. The van der Waals surface area contributed by atoms with Crippen molar-refractivity contribution in [3.63, 3.8) is 0 Å². The summed E-state index contributed by atoms with van der Waals surface area (Å²) in [5.41, 5.74) is 8.54. The summed E-state index contributed by atoms with van der Waals surface area (Å²) in [5, 5.41) is 9.74. The second-order valence-electron chi connectivity index (χ2n) is 7.15. The van der Waals surface area contributed by atoms with Crippen LogP contribution in [0, 0.1) is 5.92 Å². The molecule has 2 fully saturated rings. The molecule has 2 unspecified atom stereocenters. The molecule has 0 radical (unpaired) electrons. The molecule has 4 nitrogen and oxygen atoms in total. The lowest BCUT2D eigenvalue weighted by molar-refractivity contribution is 0.102. The highest BCUT2D eigenvalue weighted by Crippen LogP contribution is 2.45. The topological polar surface area (TPSA) is 66.6 Å². The van der Waals surface area contributed by atoms with Crippen LogP contribution in [0.1, 0.15) is 51.0 Å². The summed E-state index contributed by atoms with van der Waals surface area (Å²) in [6.07, 6.45) is 7.08. The third-order valence-electron chi connectivity index (χ3n) is 5.51. The van der Waals surface area contributed by atoms with Gasteiger partial charge in [0.25, 0.3) is 0 Å². The van der Waals surface area contributed by atoms with Crippen LogP contribution in [0.25, 0.3) is 6.08 Å². The van der Waals surface area contributed by atoms with Gasteiger partial charge in [0.05, 0.1) is 0 Å². The first kappa shape index (κ1) is 17.0. The Morgan fingerprint density at radius 3 is 2.50 bits per heavy atom. The average Bonchev–Trinajstić information content (AvgIpc) is 3.35. The largest absolute Gasteiger partial charge is 0.465 e. The van der Waals surface area contributed by atoms with Gasteiger partial charge in [-0.15, -0.1) is 0 Å². The molecule has 24 heavy (non-hydrogen) atoms. The zero-order valence-corrected chi connectivity index (χ0v) is 14.4. The van der Waals surface area contributed by atoms with E-state index in [2.05, 4.69) is 25.1 Å². The number of hydrogen-bond donors (Lipinski definition) is 2. The van der Waals surface area contributed by atoms with E-state index in [0.717, 1.165) is 38.5 Å². The third kappa shape index (κ3) is 3.81. The zero-order valence-electron chi connectivity index (χ0n) is 14.4. The predicted octanol–water partition coefficient (Wildman–Crippen LogP) is 4.12. The van der Waals surface area contributed by atoms with Gasteiger partial charge < -0.3 is 15.7 Å². The molecule has 1 amide bonds. The van der Waals surface area contributed by atoms with E-state index in [1.54, 1.807) is 4.90 Å². The van der Waals surface area contributed by atoms with Crippen LogP contribution in [-0.2, 0) is 0 Å². The summed E-state index contributed by atoms with van der Waals surface area (Å²) in [4.78, 5) is 13.6. The molecule has 2 atom stereocenters. The molecule has 0 heterocycles. The fourth-order valence-electron chi connectivity index (χ4n) is 4.07. The van der Waals surface area contributed by atoms with Gasteiger partial charge >= 0.3 is 6.09 Å². The van der Waals surface area contributed by atoms with Crippen LogP contribution in [0.15, 0.2) is 35.9 Å². The first-order chi connectivity index (χ1) is 11.6. The average molecular weight is 328 g/mol. The van der Waals surface area contributed by atoms with Crippen molar-refractivity contribution in [2.24, 2.45) is 11.7 Å². The van der Waals surface area contributed by atoms with Crippen molar-refractivity contribution in [3.8, 4) is 0 Å². The fourth-order valence-corrected chi connectivity index (χ4v) is 4.07. The zero-order chi connectivity index (χ0) is 17.1. The van der Waals surface area contributed by atoms with Crippen LogP contribution in [0.3, 0.4) is 0 Å².